The minimum absolute atomic E-state index is 0.246. The molecule has 0 atom stereocenters. The van der Waals surface area contributed by atoms with Crippen LogP contribution in [0.15, 0.2) is 42.9 Å². The number of benzene rings is 1. The highest BCUT2D eigenvalue weighted by molar-refractivity contribution is 6.30. The number of hydrogen-bond donors (Lipinski definition) is 1. The van der Waals surface area contributed by atoms with Gasteiger partial charge < -0.3 is 10.5 Å². The van der Waals surface area contributed by atoms with Crippen LogP contribution >= 0.6 is 11.6 Å². The van der Waals surface area contributed by atoms with E-state index >= 15 is 0 Å². The maximum Gasteiger partial charge on any atom is 0.240 e. The Balaban J connectivity index is 1.97. The molecule has 0 fully saturated rings. The van der Waals surface area contributed by atoms with Crippen molar-refractivity contribution in [1.29, 1.82) is 0 Å². The lowest BCUT2D eigenvalue weighted by Crippen LogP contribution is -2.03. The first-order valence-corrected chi connectivity index (χ1v) is 7.84. The molecule has 2 heterocycles. The number of hydrogen-bond acceptors (Lipinski definition) is 6. The number of nitrogens with two attached hydrogens (primary N) is 1. The van der Waals surface area contributed by atoms with Crippen molar-refractivity contribution in [3.8, 4) is 17.1 Å². The number of anilines is 1. The zero-order valence-electron chi connectivity index (χ0n) is 13.1. The van der Waals surface area contributed by atoms with E-state index in [0.29, 0.717) is 29.6 Å². The van der Waals surface area contributed by atoms with Gasteiger partial charge >= 0.3 is 0 Å². The molecule has 0 bridgehead atoms. The number of rotatable bonds is 5. The van der Waals surface area contributed by atoms with Gasteiger partial charge in [-0.15, -0.1) is 0 Å². The number of nitrogen functional groups attached to an aromatic ring is 1. The van der Waals surface area contributed by atoms with E-state index in [1.165, 1.54) is 0 Å². The van der Waals surface area contributed by atoms with Gasteiger partial charge in [-0.2, -0.15) is 0 Å². The Hall–Kier alpha value is -2.73. The van der Waals surface area contributed by atoms with Gasteiger partial charge in [0.15, 0.2) is 0 Å². The van der Waals surface area contributed by atoms with Crippen molar-refractivity contribution in [2.24, 2.45) is 0 Å². The van der Waals surface area contributed by atoms with Crippen molar-refractivity contribution in [2.45, 2.75) is 13.3 Å². The number of aromatic nitrogens is 4. The van der Waals surface area contributed by atoms with Crippen LogP contribution in [0.25, 0.3) is 11.3 Å². The number of halogens is 1. The molecule has 3 rings (SSSR count). The van der Waals surface area contributed by atoms with Crippen molar-refractivity contribution < 1.29 is 4.74 Å². The average molecular weight is 342 g/mol. The molecule has 6 nitrogen and oxygen atoms in total. The van der Waals surface area contributed by atoms with Crippen molar-refractivity contribution in [3.63, 3.8) is 0 Å². The van der Waals surface area contributed by atoms with Crippen LogP contribution in [0.3, 0.4) is 0 Å². The molecule has 0 amide bonds. The summed E-state index contributed by atoms with van der Waals surface area (Å²) >= 11 is 6.09. The summed E-state index contributed by atoms with van der Waals surface area (Å²) in [6.45, 7) is 2.41. The van der Waals surface area contributed by atoms with E-state index in [4.69, 9.17) is 22.1 Å². The Morgan fingerprint density at radius 3 is 2.62 bits per heavy atom. The third-order valence-corrected chi connectivity index (χ3v) is 3.51. The van der Waals surface area contributed by atoms with E-state index in [2.05, 4.69) is 19.9 Å². The molecule has 0 spiro atoms. The second kappa shape index (κ2) is 7.23. The van der Waals surface area contributed by atoms with E-state index in [0.717, 1.165) is 16.8 Å². The maximum atomic E-state index is 6.09. The maximum absolute atomic E-state index is 6.09. The molecule has 0 saturated carbocycles. The van der Waals surface area contributed by atoms with Gasteiger partial charge in [-0.25, -0.2) is 19.9 Å². The molecule has 0 aliphatic carbocycles. The summed E-state index contributed by atoms with van der Waals surface area (Å²) in [4.78, 5) is 17.1. The Kier molecular flexibility index (Phi) is 4.86. The number of ether oxygens (including phenoxy) is 1. The van der Waals surface area contributed by atoms with Crippen LogP contribution in [0.2, 0.25) is 5.02 Å². The minimum atomic E-state index is 0.246. The van der Waals surface area contributed by atoms with Crippen molar-refractivity contribution in [3.05, 3.63) is 59.1 Å². The molecule has 24 heavy (non-hydrogen) atoms. The summed E-state index contributed by atoms with van der Waals surface area (Å²) in [5.41, 5.74) is 8.71. The molecule has 3 aromatic rings. The van der Waals surface area contributed by atoms with Gasteiger partial charge in [0.1, 0.15) is 5.69 Å². The normalized spacial score (nSPS) is 10.6. The van der Waals surface area contributed by atoms with E-state index in [9.17, 15) is 0 Å². The highest BCUT2D eigenvalue weighted by Gasteiger charge is 2.12. The smallest absolute Gasteiger partial charge is 0.240 e. The Bertz CT molecular complexity index is 839. The fourth-order valence-corrected chi connectivity index (χ4v) is 2.42. The molecule has 1 aromatic carbocycles. The minimum Gasteiger partial charge on any atom is -0.476 e. The van der Waals surface area contributed by atoms with E-state index in [1.54, 1.807) is 18.6 Å². The molecule has 0 aliphatic rings. The standard InChI is InChI=1S/C17H16ClN5O/c1-2-24-16-15(12-4-3-5-13(18)7-12)23-14(10-20-16)6-11-8-21-17(19)22-9-11/h3-5,7-10H,2,6H2,1H3,(H2,19,21,22). The van der Waals surface area contributed by atoms with Gasteiger partial charge in [-0.05, 0) is 24.6 Å². The predicted octanol–water partition coefficient (Wildman–Crippen LogP) is 3.16. The highest BCUT2D eigenvalue weighted by atomic mass is 35.5. The topological polar surface area (TPSA) is 86.8 Å². The van der Waals surface area contributed by atoms with Crippen molar-refractivity contribution in [1.82, 2.24) is 19.9 Å². The van der Waals surface area contributed by atoms with Gasteiger partial charge in [0.25, 0.3) is 0 Å². The van der Waals surface area contributed by atoms with Gasteiger partial charge in [0.2, 0.25) is 11.8 Å². The first-order chi connectivity index (χ1) is 11.7. The van der Waals surface area contributed by atoms with Crippen LogP contribution in [-0.2, 0) is 6.42 Å². The van der Waals surface area contributed by atoms with E-state index in [1.807, 2.05) is 31.2 Å². The summed E-state index contributed by atoms with van der Waals surface area (Å²) in [7, 11) is 0. The van der Waals surface area contributed by atoms with E-state index in [-0.39, 0.29) is 5.95 Å². The van der Waals surface area contributed by atoms with Gasteiger partial charge in [0, 0.05) is 29.4 Å². The van der Waals surface area contributed by atoms with E-state index < -0.39 is 0 Å². The molecule has 0 unspecified atom stereocenters. The number of nitrogens with zero attached hydrogens (tertiary/aromatic N) is 4. The second-order valence-electron chi connectivity index (χ2n) is 5.08. The summed E-state index contributed by atoms with van der Waals surface area (Å²) in [6, 6.07) is 7.45. The zero-order valence-corrected chi connectivity index (χ0v) is 13.9. The largest absolute Gasteiger partial charge is 0.476 e. The third kappa shape index (κ3) is 3.78. The molecule has 0 radical (unpaired) electrons. The van der Waals surface area contributed by atoms with Gasteiger partial charge in [0.05, 0.1) is 18.5 Å². The van der Waals surface area contributed by atoms with Crippen molar-refractivity contribution >= 4 is 17.5 Å². The summed E-state index contributed by atoms with van der Waals surface area (Å²) in [6.07, 6.45) is 5.60. The fraction of sp³-hybridized carbons (Fsp3) is 0.176. The monoisotopic (exact) mass is 341 g/mol. The van der Waals surface area contributed by atoms with Crippen LogP contribution in [0.1, 0.15) is 18.2 Å². The van der Waals surface area contributed by atoms with Crippen molar-refractivity contribution in [2.75, 3.05) is 12.3 Å². The van der Waals surface area contributed by atoms with Crippen LogP contribution in [0.5, 0.6) is 5.88 Å². The molecule has 0 saturated heterocycles. The molecule has 122 valence electrons. The molecule has 7 heteroatoms. The lowest BCUT2D eigenvalue weighted by atomic mass is 10.1. The van der Waals surface area contributed by atoms with Crippen LogP contribution < -0.4 is 10.5 Å². The predicted molar refractivity (Wildman–Crippen MR) is 92.9 cm³/mol. The second-order valence-corrected chi connectivity index (χ2v) is 5.52. The van der Waals surface area contributed by atoms with Gasteiger partial charge in [-0.1, -0.05) is 23.7 Å². The lowest BCUT2D eigenvalue weighted by Gasteiger charge is -2.10. The first-order valence-electron chi connectivity index (χ1n) is 7.46. The molecular formula is C17H16ClN5O. The zero-order chi connectivity index (χ0) is 16.9. The summed E-state index contributed by atoms with van der Waals surface area (Å²) in [5.74, 6) is 0.730. The Morgan fingerprint density at radius 1 is 1.12 bits per heavy atom. The molecule has 2 aromatic heterocycles. The van der Waals surface area contributed by atoms with Gasteiger partial charge in [-0.3, -0.25) is 0 Å². The summed E-state index contributed by atoms with van der Waals surface area (Å²) < 4.78 is 5.59. The van der Waals surface area contributed by atoms with Crippen LogP contribution in [0, 0.1) is 0 Å². The Labute approximate surface area is 144 Å². The molecule has 2 N–H and O–H groups in total. The SMILES string of the molecule is CCOc1ncc(Cc2cnc(N)nc2)nc1-c1cccc(Cl)c1. The first kappa shape index (κ1) is 16.1. The molecular weight excluding hydrogens is 326 g/mol. The quantitative estimate of drug-likeness (QED) is 0.767. The Morgan fingerprint density at radius 2 is 1.92 bits per heavy atom. The summed E-state index contributed by atoms with van der Waals surface area (Å²) in [5, 5.41) is 0.633. The van der Waals surface area contributed by atoms with Crippen LogP contribution in [0.4, 0.5) is 5.95 Å². The average Bonchev–Trinajstić information content (AvgIpc) is 2.58. The lowest BCUT2D eigenvalue weighted by molar-refractivity contribution is 0.326. The fourth-order valence-electron chi connectivity index (χ4n) is 2.23. The van der Waals surface area contributed by atoms with Crippen LogP contribution in [-0.4, -0.2) is 26.5 Å². The highest BCUT2D eigenvalue weighted by Crippen LogP contribution is 2.28. The molecule has 0 aliphatic heterocycles. The third-order valence-electron chi connectivity index (χ3n) is 3.28.